The fourth-order valence-corrected chi connectivity index (χ4v) is 2.41. The van der Waals surface area contributed by atoms with E-state index in [1.165, 1.54) is 0 Å². The molecule has 2 rings (SSSR count). The largest absolute Gasteiger partial charge is 0.491 e. The smallest absolute Gasteiger partial charge is 0.133 e. The van der Waals surface area contributed by atoms with Crippen molar-refractivity contribution in [2.75, 3.05) is 0 Å². The Hall–Kier alpha value is -1.68. The molecule has 0 aliphatic heterocycles. The molecule has 112 valence electrons. The molecule has 0 aliphatic rings. The van der Waals surface area contributed by atoms with Crippen LogP contribution in [0.2, 0.25) is 0 Å². The number of nitrogens with one attached hydrogen (secondary N) is 1. The molecule has 0 radical (unpaired) electrons. The molecule has 0 fully saturated rings. The van der Waals surface area contributed by atoms with E-state index in [4.69, 9.17) is 17.0 Å². The van der Waals surface area contributed by atoms with Crippen molar-refractivity contribution in [3.8, 4) is 17.0 Å². The third-order valence-electron chi connectivity index (χ3n) is 3.20. The second-order valence-corrected chi connectivity index (χ2v) is 5.82. The molecule has 3 nitrogen and oxygen atoms in total. The molecule has 2 aromatic rings. The van der Waals surface area contributed by atoms with Gasteiger partial charge in [-0.15, -0.1) is 0 Å². The molecule has 0 unspecified atom stereocenters. The van der Waals surface area contributed by atoms with Gasteiger partial charge in [0.25, 0.3) is 0 Å². The maximum absolute atomic E-state index is 5.68. The minimum atomic E-state index is 0.181. The fourth-order valence-electron chi connectivity index (χ4n) is 2.20. The topological polar surface area (TPSA) is 37.9 Å². The van der Waals surface area contributed by atoms with Gasteiger partial charge in [0, 0.05) is 12.0 Å². The highest BCUT2D eigenvalue weighted by molar-refractivity contribution is 7.71. The number of benzene rings is 1. The molecule has 21 heavy (non-hydrogen) atoms. The van der Waals surface area contributed by atoms with Crippen molar-refractivity contribution in [3.63, 3.8) is 0 Å². The van der Waals surface area contributed by atoms with Crippen LogP contribution in [0.25, 0.3) is 11.3 Å². The Morgan fingerprint density at radius 3 is 2.48 bits per heavy atom. The van der Waals surface area contributed by atoms with Gasteiger partial charge in [0.2, 0.25) is 0 Å². The summed E-state index contributed by atoms with van der Waals surface area (Å²) in [6.45, 7) is 8.19. The summed E-state index contributed by atoms with van der Waals surface area (Å²) in [5.74, 6) is 1.83. The normalized spacial score (nSPS) is 10.9. The molecule has 1 heterocycles. The van der Waals surface area contributed by atoms with Crippen LogP contribution in [-0.4, -0.2) is 16.1 Å². The summed E-state index contributed by atoms with van der Waals surface area (Å²) in [4.78, 5) is 7.85. The number of aromatic nitrogens is 2. The van der Waals surface area contributed by atoms with Gasteiger partial charge in [0.05, 0.1) is 11.8 Å². The molecule has 1 aromatic heterocycles. The van der Waals surface area contributed by atoms with Gasteiger partial charge in [-0.3, -0.25) is 0 Å². The van der Waals surface area contributed by atoms with Crippen LogP contribution in [0.3, 0.4) is 0 Å². The summed E-state index contributed by atoms with van der Waals surface area (Å²) in [6.07, 6.45) is 2.13. The van der Waals surface area contributed by atoms with Crippen molar-refractivity contribution in [3.05, 3.63) is 40.3 Å². The predicted molar refractivity (Wildman–Crippen MR) is 89.4 cm³/mol. The Bertz CT molecular complexity index is 659. The van der Waals surface area contributed by atoms with E-state index in [0.717, 1.165) is 41.2 Å². The first-order valence-electron chi connectivity index (χ1n) is 7.38. The number of aromatic amines is 1. The van der Waals surface area contributed by atoms with Gasteiger partial charge in [-0.2, -0.15) is 0 Å². The summed E-state index contributed by atoms with van der Waals surface area (Å²) in [7, 11) is 0. The Balaban J connectivity index is 2.39. The van der Waals surface area contributed by atoms with Crippen molar-refractivity contribution in [2.45, 2.75) is 46.6 Å². The van der Waals surface area contributed by atoms with Crippen LogP contribution >= 0.6 is 12.2 Å². The van der Waals surface area contributed by atoms with Crippen molar-refractivity contribution in [1.29, 1.82) is 0 Å². The SMILES string of the molecule is CCCc1nc(=S)c(C)c(-c2ccc(OC(C)C)cc2)[nH]1. The average Bonchev–Trinajstić information content (AvgIpc) is 2.43. The highest BCUT2D eigenvalue weighted by Crippen LogP contribution is 2.24. The van der Waals surface area contributed by atoms with Crippen molar-refractivity contribution < 1.29 is 4.74 Å². The van der Waals surface area contributed by atoms with E-state index in [9.17, 15) is 0 Å². The monoisotopic (exact) mass is 302 g/mol. The lowest BCUT2D eigenvalue weighted by Crippen LogP contribution is -2.05. The number of rotatable bonds is 5. The van der Waals surface area contributed by atoms with Crippen molar-refractivity contribution in [2.24, 2.45) is 0 Å². The Kier molecular flexibility index (Phi) is 5.12. The minimum Gasteiger partial charge on any atom is -0.491 e. The Morgan fingerprint density at radius 2 is 1.90 bits per heavy atom. The number of hydrogen-bond acceptors (Lipinski definition) is 3. The molecule has 0 atom stereocenters. The molecular formula is C17H22N2OS. The molecule has 1 N–H and O–H groups in total. The zero-order chi connectivity index (χ0) is 15.4. The molecular weight excluding hydrogens is 280 g/mol. The predicted octanol–water partition coefficient (Wildman–Crippen LogP) is 4.85. The first kappa shape index (κ1) is 15.7. The average molecular weight is 302 g/mol. The first-order valence-corrected chi connectivity index (χ1v) is 7.79. The van der Waals surface area contributed by atoms with Gasteiger partial charge in [-0.05, 0) is 57.0 Å². The van der Waals surface area contributed by atoms with Gasteiger partial charge < -0.3 is 9.72 Å². The molecule has 0 spiro atoms. The van der Waals surface area contributed by atoms with E-state index >= 15 is 0 Å². The van der Waals surface area contributed by atoms with Gasteiger partial charge >= 0.3 is 0 Å². The van der Waals surface area contributed by atoms with Crippen LogP contribution in [0.15, 0.2) is 24.3 Å². The van der Waals surface area contributed by atoms with Crippen LogP contribution in [0.1, 0.15) is 38.6 Å². The second kappa shape index (κ2) is 6.85. The lowest BCUT2D eigenvalue weighted by atomic mass is 10.1. The van der Waals surface area contributed by atoms with E-state index in [1.54, 1.807) is 0 Å². The van der Waals surface area contributed by atoms with Crippen LogP contribution in [0.4, 0.5) is 0 Å². The maximum Gasteiger partial charge on any atom is 0.133 e. The van der Waals surface area contributed by atoms with Crippen molar-refractivity contribution in [1.82, 2.24) is 9.97 Å². The van der Waals surface area contributed by atoms with E-state index < -0.39 is 0 Å². The van der Waals surface area contributed by atoms with E-state index in [2.05, 4.69) is 29.0 Å². The number of H-pyrrole nitrogens is 1. The molecule has 0 saturated heterocycles. The molecule has 4 heteroatoms. The number of aryl methyl sites for hydroxylation is 1. The highest BCUT2D eigenvalue weighted by Gasteiger charge is 2.08. The van der Waals surface area contributed by atoms with Gasteiger partial charge in [-0.25, -0.2) is 4.98 Å². The van der Waals surface area contributed by atoms with E-state index in [1.807, 2.05) is 32.9 Å². The zero-order valence-corrected chi connectivity index (χ0v) is 13.9. The standard InChI is InChI=1S/C17H22N2OS/c1-5-6-15-18-16(12(4)17(21)19-15)13-7-9-14(10-8-13)20-11(2)3/h7-11H,5-6H2,1-4H3,(H,18,19,21). The van der Waals surface area contributed by atoms with E-state index in [0.29, 0.717) is 4.64 Å². The Labute approximate surface area is 131 Å². The Morgan fingerprint density at radius 1 is 1.24 bits per heavy atom. The highest BCUT2D eigenvalue weighted by atomic mass is 32.1. The van der Waals surface area contributed by atoms with Crippen LogP contribution in [0, 0.1) is 11.6 Å². The van der Waals surface area contributed by atoms with Gasteiger partial charge in [-0.1, -0.05) is 19.1 Å². The quantitative estimate of drug-likeness (QED) is 0.802. The zero-order valence-electron chi connectivity index (χ0n) is 13.1. The lowest BCUT2D eigenvalue weighted by molar-refractivity contribution is 0.242. The molecule has 0 bridgehead atoms. The third kappa shape index (κ3) is 3.91. The summed E-state index contributed by atoms with van der Waals surface area (Å²) in [5, 5.41) is 0. The van der Waals surface area contributed by atoms with Crippen LogP contribution in [-0.2, 0) is 6.42 Å². The second-order valence-electron chi connectivity index (χ2n) is 5.43. The van der Waals surface area contributed by atoms with E-state index in [-0.39, 0.29) is 6.10 Å². The number of nitrogens with zero attached hydrogens (tertiary/aromatic N) is 1. The first-order chi connectivity index (χ1) is 10.0. The summed E-state index contributed by atoms with van der Waals surface area (Å²) in [5.41, 5.74) is 3.17. The van der Waals surface area contributed by atoms with Crippen molar-refractivity contribution >= 4 is 12.2 Å². The van der Waals surface area contributed by atoms with Gasteiger partial charge in [0.15, 0.2) is 0 Å². The third-order valence-corrected chi connectivity index (χ3v) is 3.60. The molecule has 0 saturated carbocycles. The summed E-state index contributed by atoms with van der Waals surface area (Å²) < 4.78 is 6.35. The molecule has 1 aromatic carbocycles. The number of ether oxygens (including phenoxy) is 1. The fraction of sp³-hybridized carbons (Fsp3) is 0.412. The number of hydrogen-bond donors (Lipinski definition) is 1. The minimum absolute atomic E-state index is 0.181. The lowest BCUT2D eigenvalue weighted by Gasteiger charge is -2.12. The molecule has 0 aliphatic carbocycles. The van der Waals surface area contributed by atoms with Gasteiger partial charge in [0.1, 0.15) is 16.2 Å². The summed E-state index contributed by atoms with van der Waals surface area (Å²) >= 11 is 5.37. The van der Waals surface area contributed by atoms with Crippen LogP contribution in [0.5, 0.6) is 5.75 Å². The molecule has 0 amide bonds. The maximum atomic E-state index is 5.68. The summed E-state index contributed by atoms with van der Waals surface area (Å²) in [6, 6.07) is 8.10. The van der Waals surface area contributed by atoms with Crippen LogP contribution < -0.4 is 4.74 Å².